The van der Waals surface area contributed by atoms with Crippen molar-refractivity contribution in [2.24, 2.45) is 0 Å². The number of piperazine rings is 1. The van der Waals surface area contributed by atoms with Crippen molar-refractivity contribution in [3.05, 3.63) is 64.4 Å². The monoisotopic (exact) mass is 420 g/mol. The number of hydrogen-bond acceptors (Lipinski definition) is 5. The number of rotatable bonds is 6. The van der Waals surface area contributed by atoms with Gasteiger partial charge in [0.2, 0.25) is 0 Å². The molecule has 1 saturated heterocycles. The molecule has 1 amide bonds. The zero-order chi connectivity index (χ0) is 21.8. The molecule has 0 atom stereocenters. The summed E-state index contributed by atoms with van der Waals surface area (Å²) in [6.45, 7) is 6.91. The van der Waals surface area contributed by atoms with Crippen molar-refractivity contribution in [2.75, 3.05) is 37.7 Å². The van der Waals surface area contributed by atoms with Crippen LogP contribution in [0.1, 0.15) is 18.9 Å². The number of aryl methyl sites for hydroxylation is 2. The maximum absolute atomic E-state index is 13.1. The van der Waals surface area contributed by atoms with Crippen LogP contribution in [-0.2, 0) is 11.3 Å². The molecule has 31 heavy (non-hydrogen) atoms. The van der Waals surface area contributed by atoms with Crippen molar-refractivity contribution in [3.8, 4) is 5.75 Å². The Morgan fingerprint density at radius 2 is 1.74 bits per heavy atom. The summed E-state index contributed by atoms with van der Waals surface area (Å²) in [5.41, 5.74) is 2.62. The Bertz CT molecular complexity index is 1130. The zero-order valence-electron chi connectivity index (χ0n) is 18.1. The van der Waals surface area contributed by atoms with Gasteiger partial charge in [0.1, 0.15) is 5.75 Å². The van der Waals surface area contributed by atoms with Crippen LogP contribution in [0.4, 0.5) is 5.82 Å². The number of aromatic nitrogens is 2. The average Bonchev–Trinajstić information content (AvgIpc) is 2.80. The number of hydrogen-bond donors (Lipinski definition) is 0. The highest BCUT2D eigenvalue weighted by atomic mass is 16.5. The second kappa shape index (κ2) is 9.20. The fraction of sp³-hybridized carbons (Fsp3) is 0.375. The first kappa shape index (κ1) is 20.9. The number of para-hydroxylation sites is 3. The molecule has 4 rings (SSSR count). The summed E-state index contributed by atoms with van der Waals surface area (Å²) in [5, 5.41) is 0. The molecule has 7 heteroatoms. The number of nitrogens with zero attached hydrogens (tertiary/aromatic N) is 4. The Balaban J connectivity index is 1.44. The summed E-state index contributed by atoms with van der Waals surface area (Å²) in [6, 6.07) is 15.4. The fourth-order valence-electron chi connectivity index (χ4n) is 3.95. The Kier molecular flexibility index (Phi) is 6.21. The van der Waals surface area contributed by atoms with Crippen molar-refractivity contribution in [1.82, 2.24) is 14.5 Å². The van der Waals surface area contributed by atoms with Gasteiger partial charge in [0, 0.05) is 32.7 Å². The molecule has 0 aliphatic carbocycles. The Hall–Kier alpha value is -3.35. The first-order chi connectivity index (χ1) is 15.1. The normalized spacial score (nSPS) is 14.1. The molecule has 1 aliphatic heterocycles. The predicted octanol–water partition coefficient (Wildman–Crippen LogP) is 2.84. The van der Waals surface area contributed by atoms with Gasteiger partial charge in [-0.1, -0.05) is 37.3 Å². The van der Waals surface area contributed by atoms with Gasteiger partial charge in [-0.15, -0.1) is 0 Å². The molecule has 2 aromatic carbocycles. The molecule has 162 valence electrons. The number of carbonyl (C=O) groups excluding carboxylic acids is 1. The number of benzene rings is 2. The maximum Gasteiger partial charge on any atom is 0.294 e. The molecule has 0 bridgehead atoms. The van der Waals surface area contributed by atoms with Crippen LogP contribution in [0.2, 0.25) is 0 Å². The molecule has 0 saturated carbocycles. The molecule has 0 unspecified atom stereocenters. The molecule has 3 aromatic rings. The van der Waals surface area contributed by atoms with Crippen molar-refractivity contribution in [1.29, 1.82) is 0 Å². The van der Waals surface area contributed by atoms with Gasteiger partial charge >= 0.3 is 0 Å². The Morgan fingerprint density at radius 1 is 1.03 bits per heavy atom. The molecule has 2 heterocycles. The smallest absolute Gasteiger partial charge is 0.294 e. The van der Waals surface area contributed by atoms with E-state index >= 15 is 0 Å². The first-order valence-corrected chi connectivity index (χ1v) is 10.8. The summed E-state index contributed by atoms with van der Waals surface area (Å²) in [5.74, 6) is 1.15. The average molecular weight is 421 g/mol. The minimum absolute atomic E-state index is 0.0163. The van der Waals surface area contributed by atoms with Crippen molar-refractivity contribution in [2.45, 2.75) is 26.8 Å². The van der Waals surface area contributed by atoms with E-state index in [0.717, 1.165) is 28.8 Å². The lowest BCUT2D eigenvalue weighted by molar-refractivity contribution is -0.133. The summed E-state index contributed by atoms with van der Waals surface area (Å²) in [6.07, 6.45) is 0.872. The SMILES string of the molecule is CCCn1c(=O)c(N2CCN(C(=O)COc3ccccc3C)CC2)nc2ccccc21. The molecule has 1 fully saturated rings. The second-order valence-corrected chi connectivity index (χ2v) is 7.80. The molecule has 7 nitrogen and oxygen atoms in total. The predicted molar refractivity (Wildman–Crippen MR) is 122 cm³/mol. The van der Waals surface area contributed by atoms with E-state index in [2.05, 4.69) is 11.9 Å². The van der Waals surface area contributed by atoms with Gasteiger partial charge in [0.25, 0.3) is 11.5 Å². The minimum Gasteiger partial charge on any atom is -0.484 e. The molecular formula is C24H28N4O3. The summed E-state index contributed by atoms with van der Waals surface area (Å²) >= 11 is 0. The summed E-state index contributed by atoms with van der Waals surface area (Å²) < 4.78 is 7.51. The van der Waals surface area contributed by atoms with Crippen molar-refractivity contribution in [3.63, 3.8) is 0 Å². The van der Waals surface area contributed by atoms with E-state index in [1.807, 2.05) is 64.9 Å². The van der Waals surface area contributed by atoms with Crippen LogP contribution >= 0.6 is 0 Å². The van der Waals surface area contributed by atoms with Gasteiger partial charge in [0.15, 0.2) is 12.4 Å². The number of amides is 1. The topological polar surface area (TPSA) is 67.7 Å². The lowest BCUT2D eigenvalue weighted by Crippen LogP contribution is -2.51. The van der Waals surface area contributed by atoms with E-state index in [1.54, 1.807) is 4.90 Å². The second-order valence-electron chi connectivity index (χ2n) is 7.80. The quantitative estimate of drug-likeness (QED) is 0.614. The van der Waals surface area contributed by atoms with Crippen molar-refractivity contribution >= 4 is 22.8 Å². The molecule has 0 N–H and O–H groups in total. The highest BCUT2D eigenvalue weighted by Gasteiger charge is 2.25. The largest absolute Gasteiger partial charge is 0.484 e. The van der Waals surface area contributed by atoms with Crippen LogP contribution in [0.25, 0.3) is 11.0 Å². The van der Waals surface area contributed by atoms with Gasteiger partial charge in [-0.25, -0.2) is 4.98 Å². The van der Waals surface area contributed by atoms with Crippen LogP contribution in [0.15, 0.2) is 53.3 Å². The molecule has 1 aliphatic rings. The maximum atomic E-state index is 13.1. The van der Waals surface area contributed by atoms with E-state index in [9.17, 15) is 9.59 Å². The van der Waals surface area contributed by atoms with E-state index in [0.29, 0.717) is 38.5 Å². The lowest BCUT2D eigenvalue weighted by Gasteiger charge is -2.35. The fourth-order valence-corrected chi connectivity index (χ4v) is 3.95. The first-order valence-electron chi connectivity index (χ1n) is 10.8. The highest BCUT2D eigenvalue weighted by Crippen LogP contribution is 2.18. The zero-order valence-corrected chi connectivity index (χ0v) is 18.1. The van der Waals surface area contributed by atoms with E-state index in [-0.39, 0.29) is 18.1 Å². The minimum atomic E-state index is -0.0665. The van der Waals surface area contributed by atoms with Gasteiger partial charge in [-0.05, 0) is 37.1 Å². The van der Waals surface area contributed by atoms with E-state index < -0.39 is 0 Å². The number of ether oxygens (including phenoxy) is 1. The molecule has 1 aromatic heterocycles. The van der Waals surface area contributed by atoms with Gasteiger partial charge < -0.3 is 19.1 Å². The Morgan fingerprint density at radius 3 is 2.48 bits per heavy atom. The van der Waals surface area contributed by atoms with Crippen LogP contribution in [0.5, 0.6) is 5.75 Å². The Labute approximate surface area is 181 Å². The van der Waals surface area contributed by atoms with E-state index in [1.165, 1.54) is 0 Å². The highest BCUT2D eigenvalue weighted by molar-refractivity contribution is 5.78. The number of fused-ring (bicyclic) bond motifs is 1. The summed E-state index contributed by atoms with van der Waals surface area (Å²) in [4.78, 5) is 34.2. The van der Waals surface area contributed by atoms with Gasteiger partial charge in [-0.3, -0.25) is 9.59 Å². The van der Waals surface area contributed by atoms with Crippen LogP contribution in [-0.4, -0.2) is 53.1 Å². The molecular weight excluding hydrogens is 392 g/mol. The standard InChI is InChI=1S/C24H28N4O3/c1-3-12-28-20-10-6-5-9-19(20)25-23(24(28)30)27-15-13-26(14-16-27)22(29)17-31-21-11-7-4-8-18(21)2/h4-11H,3,12-17H2,1-2H3. The van der Waals surface area contributed by atoms with E-state index in [4.69, 9.17) is 4.74 Å². The van der Waals surface area contributed by atoms with Crippen LogP contribution in [0, 0.1) is 6.92 Å². The summed E-state index contributed by atoms with van der Waals surface area (Å²) in [7, 11) is 0. The van der Waals surface area contributed by atoms with Gasteiger partial charge in [-0.2, -0.15) is 0 Å². The molecule has 0 radical (unpaired) electrons. The van der Waals surface area contributed by atoms with Crippen molar-refractivity contribution < 1.29 is 9.53 Å². The third kappa shape index (κ3) is 4.40. The third-order valence-electron chi connectivity index (χ3n) is 5.66. The van der Waals surface area contributed by atoms with Crippen LogP contribution in [0.3, 0.4) is 0 Å². The van der Waals surface area contributed by atoms with Gasteiger partial charge in [0.05, 0.1) is 11.0 Å². The number of carbonyl (C=O) groups is 1. The lowest BCUT2D eigenvalue weighted by atomic mass is 10.2. The molecule has 0 spiro atoms. The number of anilines is 1. The van der Waals surface area contributed by atoms with Crippen LogP contribution < -0.4 is 15.2 Å². The third-order valence-corrected chi connectivity index (χ3v) is 5.66.